The fourth-order valence-corrected chi connectivity index (χ4v) is 0. The van der Waals surface area contributed by atoms with E-state index in [1.165, 1.54) is 0 Å². The summed E-state index contributed by atoms with van der Waals surface area (Å²) in [7, 11) is 7.86. The van der Waals surface area contributed by atoms with Gasteiger partial charge in [-0.15, -0.1) is 0 Å². The summed E-state index contributed by atoms with van der Waals surface area (Å²) in [4.78, 5) is 2.12. The molecule has 1 N–H and O–H groups in total. The van der Waals surface area contributed by atoms with Crippen molar-refractivity contribution in [1.82, 2.24) is 10.2 Å². The van der Waals surface area contributed by atoms with Crippen LogP contribution in [0.1, 0.15) is 6.92 Å². The van der Waals surface area contributed by atoms with Crippen LogP contribution in [0.2, 0.25) is 0 Å². The predicted molar refractivity (Wildman–Crippen MR) is 39.2 cm³/mol. The molecule has 52 valence electrons. The summed E-state index contributed by atoms with van der Waals surface area (Å²) in [5.74, 6) is 0. The van der Waals surface area contributed by atoms with Crippen LogP contribution in [0, 0.1) is 0 Å². The normalized spacial score (nSPS) is 8.25. The average molecular weight is 118 g/mol. The molecule has 0 rings (SSSR count). The Labute approximate surface area is 52.9 Å². The second kappa shape index (κ2) is 10.0. The van der Waals surface area contributed by atoms with Gasteiger partial charge in [0.25, 0.3) is 0 Å². The summed E-state index contributed by atoms with van der Waals surface area (Å²) in [6, 6.07) is 0. The smallest absolute Gasteiger partial charge is 0.00533 e. The molecule has 0 unspecified atom stereocenters. The lowest BCUT2D eigenvalue weighted by Gasteiger charge is -2.00. The van der Waals surface area contributed by atoms with Crippen molar-refractivity contribution in [2.45, 2.75) is 6.92 Å². The van der Waals surface area contributed by atoms with Gasteiger partial charge in [-0.25, -0.2) is 0 Å². The van der Waals surface area contributed by atoms with Gasteiger partial charge in [-0.1, -0.05) is 6.92 Å². The highest BCUT2D eigenvalue weighted by Crippen LogP contribution is 1.63. The molecule has 0 aromatic rings. The Morgan fingerprint density at radius 2 is 1.38 bits per heavy atom. The third kappa shape index (κ3) is 38.9. The Morgan fingerprint density at radius 3 is 1.38 bits per heavy atom. The Bertz CT molecular complexity index is 27.7. The van der Waals surface area contributed by atoms with Crippen molar-refractivity contribution in [3.8, 4) is 0 Å². The van der Waals surface area contributed by atoms with Gasteiger partial charge in [-0.2, -0.15) is 0 Å². The first kappa shape index (κ1) is 10.8. The molecule has 0 amide bonds. The Hall–Kier alpha value is -0.0800. The molecule has 0 aliphatic heterocycles. The molecule has 0 heterocycles. The van der Waals surface area contributed by atoms with E-state index < -0.39 is 0 Å². The minimum atomic E-state index is 1.14. The molecule has 0 fully saturated rings. The van der Waals surface area contributed by atoms with Crippen molar-refractivity contribution in [2.75, 3.05) is 34.7 Å². The van der Waals surface area contributed by atoms with Crippen LogP contribution >= 0.6 is 0 Å². The summed E-state index contributed by atoms with van der Waals surface area (Å²) in [6.45, 7) is 3.26. The summed E-state index contributed by atoms with van der Waals surface area (Å²) < 4.78 is 0. The van der Waals surface area contributed by atoms with E-state index in [0.717, 1.165) is 6.54 Å². The molecule has 0 aliphatic carbocycles. The molecule has 0 aliphatic rings. The summed E-state index contributed by atoms with van der Waals surface area (Å²) in [5, 5.41) is 2.75. The average Bonchev–Trinajstić information content (AvgIpc) is 1.69. The zero-order valence-electron chi connectivity index (χ0n) is 6.65. The van der Waals surface area contributed by atoms with Crippen molar-refractivity contribution >= 4 is 0 Å². The zero-order chi connectivity index (χ0) is 6.99. The van der Waals surface area contributed by atoms with Gasteiger partial charge in [0, 0.05) is 0 Å². The zero-order valence-corrected chi connectivity index (χ0v) is 6.65. The third-order valence-corrected chi connectivity index (χ3v) is 0.632. The van der Waals surface area contributed by atoms with Crippen LogP contribution in [0.4, 0.5) is 0 Å². The number of hydrogen-bond acceptors (Lipinski definition) is 2. The minimum Gasteiger partial charge on any atom is -0.323 e. The minimum absolute atomic E-state index is 1.14. The predicted octanol–water partition coefficient (Wildman–Crippen LogP) is 0.404. The molecular weight excluding hydrogens is 100 g/mol. The number of nitrogens with one attached hydrogen (secondary N) is 1. The van der Waals surface area contributed by atoms with Crippen molar-refractivity contribution in [3.05, 3.63) is 0 Å². The van der Waals surface area contributed by atoms with Crippen molar-refractivity contribution in [3.63, 3.8) is 0 Å². The molecule has 0 atom stereocenters. The number of nitrogens with zero attached hydrogens (tertiary/aromatic N) is 1. The fraction of sp³-hybridized carbons (Fsp3) is 1.00. The molecule has 0 radical (unpaired) electrons. The standard InChI is InChI=1S/C4H11N.C2H7N/c1-4-5(2)3;1-3-2/h4H2,1-3H3;3H,1-2H3. The monoisotopic (exact) mass is 118 g/mol. The van der Waals surface area contributed by atoms with E-state index in [4.69, 9.17) is 0 Å². The van der Waals surface area contributed by atoms with Crippen LogP contribution in [0.15, 0.2) is 0 Å². The van der Waals surface area contributed by atoms with Gasteiger partial charge < -0.3 is 10.2 Å². The van der Waals surface area contributed by atoms with Crippen molar-refractivity contribution < 1.29 is 0 Å². The molecular formula is C6H18N2. The second-order valence-corrected chi connectivity index (χ2v) is 1.90. The highest BCUT2D eigenvalue weighted by Gasteiger charge is 1.72. The van der Waals surface area contributed by atoms with Gasteiger partial charge in [0.2, 0.25) is 0 Å². The third-order valence-electron chi connectivity index (χ3n) is 0.632. The fourth-order valence-electron chi connectivity index (χ4n) is 0. The van der Waals surface area contributed by atoms with Gasteiger partial charge in [0.1, 0.15) is 0 Å². The van der Waals surface area contributed by atoms with Crippen LogP contribution < -0.4 is 5.32 Å². The van der Waals surface area contributed by atoms with Crippen molar-refractivity contribution in [1.29, 1.82) is 0 Å². The maximum Gasteiger partial charge on any atom is -0.00533 e. The summed E-state index contributed by atoms with van der Waals surface area (Å²) >= 11 is 0. The molecule has 0 spiro atoms. The highest BCUT2D eigenvalue weighted by atomic mass is 15.0. The van der Waals surface area contributed by atoms with Crippen LogP contribution in [0.25, 0.3) is 0 Å². The van der Waals surface area contributed by atoms with Crippen LogP contribution in [0.5, 0.6) is 0 Å². The Morgan fingerprint density at radius 1 is 1.25 bits per heavy atom. The summed E-state index contributed by atoms with van der Waals surface area (Å²) in [6.07, 6.45) is 0. The topological polar surface area (TPSA) is 15.3 Å². The first-order chi connectivity index (χ1) is 3.68. The maximum atomic E-state index is 2.75. The lowest BCUT2D eigenvalue weighted by atomic mass is 10.7. The SMILES string of the molecule is CCN(C)C.CNC. The maximum absolute atomic E-state index is 2.75. The molecule has 8 heavy (non-hydrogen) atoms. The molecule has 0 saturated heterocycles. The van der Waals surface area contributed by atoms with Crippen LogP contribution in [0.3, 0.4) is 0 Å². The van der Waals surface area contributed by atoms with Crippen molar-refractivity contribution in [2.24, 2.45) is 0 Å². The first-order valence-electron chi connectivity index (χ1n) is 2.92. The van der Waals surface area contributed by atoms with Gasteiger partial charge in [0.05, 0.1) is 0 Å². The lowest BCUT2D eigenvalue weighted by Crippen LogP contribution is -2.08. The molecule has 2 nitrogen and oxygen atoms in total. The van der Waals surface area contributed by atoms with E-state index >= 15 is 0 Å². The number of rotatable bonds is 1. The number of hydrogen-bond donors (Lipinski definition) is 1. The molecule has 0 saturated carbocycles. The molecule has 0 aromatic heterocycles. The lowest BCUT2D eigenvalue weighted by molar-refractivity contribution is 0.434. The van der Waals surface area contributed by atoms with E-state index in [1.54, 1.807) is 0 Å². The van der Waals surface area contributed by atoms with E-state index in [1.807, 2.05) is 14.1 Å². The second-order valence-electron chi connectivity index (χ2n) is 1.90. The van der Waals surface area contributed by atoms with Crippen LogP contribution in [-0.2, 0) is 0 Å². The van der Waals surface area contributed by atoms with E-state index in [-0.39, 0.29) is 0 Å². The van der Waals surface area contributed by atoms with Gasteiger partial charge in [0.15, 0.2) is 0 Å². The highest BCUT2D eigenvalue weighted by molar-refractivity contribution is 4.25. The Kier molecular flexibility index (Phi) is 13.6. The largest absolute Gasteiger partial charge is 0.323 e. The Balaban J connectivity index is 0. The van der Waals surface area contributed by atoms with E-state index in [0.29, 0.717) is 0 Å². The molecule has 2 heteroatoms. The summed E-state index contributed by atoms with van der Waals surface area (Å²) in [5.41, 5.74) is 0. The van der Waals surface area contributed by atoms with Gasteiger partial charge in [-0.3, -0.25) is 0 Å². The molecule has 0 aromatic carbocycles. The van der Waals surface area contributed by atoms with E-state index in [9.17, 15) is 0 Å². The first-order valence-corrected chi connectivity index (χ1v) is 2.92. The van der Waals surface area contributed by atoms with Crippen LogP contribution in [-0.4, -0.2) is 39.6 Å². The van der Waals surface area contributed by atoms with Gasteiger partial charge in [-0.05, 0) is 34.7 Å². The molecule has 0 bridgehead atoms. The van der Waals surface area contributed by atoms with Gasteiger partial charge >= 0.3 is 0 Å². The van der Waals surface area contributed by atoms with E-state index in [2.05, 4.69) is 31.2 Å². The quantitative estimate of drug-likeness (QED) is 0.536.